The van der Waals surface area contributed by atoms with E-state index < -0.39 is 0 Å². The van der Waals surface area contributed by atoms with Crippen LogP contribution in [-0.2, 0) is 13.2 Å². The Balaban J connectivity index is 1.41. The lowest BCUT2D eigenvalue weighted by Gasteiger charge is -2.20. The molecule has 0 spiro atoms. The molecule has 2 atom stereocenters. The smallest absolute Gasteiger partial charge is 0.119 e. The van der Waals surface area contributed by atoms with Gasteiger partial charge in [0.2, 0.25) is 0 Å². The third-order valence-corrected chi connectivity index (χ3v) is 5.75. The molecule has 34 heavy (non-hydrogen) atoms. The summed E-state index contributed by atoms with van der Waals surface area (Å²) >= 11 is 0. The summed E-state index contributed by atoms with van der Waals surface area (Å²) in [6.45, 7) is 5.03. The number of allylic oxidation sites excluding steroid dienone is 1. The fourth-order valence-electron chi connectivity index (χ4n) is 3.87. The first-order chi connectivity index (χ1) is 16.8. The SMILES string of the molecule is C=C[C@@H](c1ccc(OCc2ccccc2)cc1)[C@H](C#N)c1ccc(OCc2ccccc2)cc1. The van der Waals surface area contributed by atoms with Gasteiger partial charge >= 0.3 is 0 Å². The minimum absolute atomic E-state index is 0.135. The van der Waals surface area contributed by atoms with Crippen molar-refractivity contribution in [2.45, 2.75) is 25.0 Å². The fourth-order valence-corrected chi connectivity index (χ4v) is 3.87. The fraction of sp³-hybridized carbons (Fsp3) is 0.129. The van der Waals surface area contributed by atoms with Crippen LogP contribution in [0.2, 0.25) is 0 Å². The van der Waals surface area contributed by atoms with Crippen molar-refractivity contribution in [3.05, 3.63) is 144 Å². The molecule has 0 radical (unpaired) electrons. The monoisotopic (exact) mass is 445 g/mol. The van der Waals surface area contributed by atoms with Gasteiger partial charge in [-0.15, -0.1) is 6.58 Å². The summed E-state index contributed by atoms with van der Waals surface area (Å²) in [6, 6.07) is 38.3. The lowest BCUT2D eigenvalue weighted by Crippen LogP contribution is -2.08. The van der Waals surface area contributed by atoms with E-state index in [9.17, 15) is 5.26 Å². The molecule has 4 rings (SSSR count). The highest BCUT2D eigenvalue weighted by Gasteiger charge is 2.22. The molecule has 0 aliphatic rings. The van der Waals surface area contributed by atoms with Crippen LogP contribution >= 0.6 is 0 Å². The molecular formula is C31H27NO2. The Morgan fingerprint density at radius 1 is 0.647 bits per heavy atom. The van der Waals surface area contributed by atoms with E-state index in [0.717, 1.165) is 33.8 Å². The van der Waals surface area contributed by atoms with Crippen LogP contribution in [0.15, 0.2) is 122 Å². The molecule has 3 heteroatoms. The van der Waals surface area contributed by atoms with Gasteiger partial charge in [-0.1, -0.05) is 91.0 Å². The number of hydrogen-bond donors (Lipinski definition) is 0. The highest BCUT2D eigenvalue weighted by molar-refractivity contribution is 5.40. The van der Waals surface area contributed by atoms with Crippen LogP contribution < -0.4 is 9.47 Å². The van der Waals surface area contributed by atoms with E-state index in [1.165, 1.54) is 0 Å². The summed E-state index contributed by atoms with van der Waals surface area (Å²) in [5, 5.41) is 9.97. The normalized spacial score (nSPS) is 12.2. The Hall–Kier alpha value is -4.29. The summed E-state index contributed by atoms with van der Waals surface area (Å²) < 4.78 is 11.8. The molecule has 0 bridgehead atoms. The predicted molar refractivity (Wildman–Crippen MR) is 136 cm³/mol. The Labute approximate surface area is 201 Å². The van der Waals surface area contributed by atoms with Gasteiger partial charge in [0.25, 0.3) is 0 Å². The first-order valence-corrected chi connectivity index (χ1v) is 11.3. The van der Waals surface area contributed by atoms with Crippen molar-refractivity contribution in [1.82, 2.24) is 0 Å². The second kappa shape index (κ2) is 11.5. The van der Waals surface area contributed by atoms with E-state index in [0.29, 0.717) is 13.2 Å². The maximum Gasteiger partial charge on any atom is 0.119 e. The van der Waals surface area contributed by atoms with Gasteiger partial charge in [-0.3, -0.25) is 0 Å². The highest BCUT2D eigenvalue weighted by Crippen LogP contribution is 2.35. The maximum absolute atomic E-state index is 9.97. The van der Waals surface area contributed by atoms with Gasteiger partial charge in [0.1, 0.15) is 24.7 Å². The molecule has 0 heterocycles. The third kappa shape index (κ3) is 5.94. The molecule has 0 aliphatic heterocycles. The predicted octanol–water partition coefficient (Wildman–Crippen LogP) is 7.42. The molecule has 0 aliphatic carbocycles. The first-order valence-electron chi connectivity index (χ1n) is 11.3. The lowest BCUT2D eigenvalue weighted by atomic mass is 9.82. The number of benzene rings is 4. The highest BCUT2D eigenvalue weighted by atomic mass is 16.5. The minimum Gasteiger partial charge on any atom is -0.489 e. The van der Waals surface area contributed by atoms with Crippen LogP contribution in [0.4, 0.5) is 0 Å². The number of hydrogen-bond acceptors (Lipinski definition) is 3. The quantitative estimate of drug-likeness (QED) is 0.239. The second-order valence-corrected chi connectivity index (χ2v) is 8.05. The lowest BCUT2D eigenvalue weighted by molar-refractivity contribution is 0.306. The summed E-state index contributed by atoms with van der Waals surface area (Å²) in [5.74, 6) is 1.09. The topological polar surface area (TPSA) is 42.2 Å². The van der Waals surface area contributed by atoms with Crippen molar-refractivity contribution in [2.75, 3.05) is 0 Å². The van der Waals surface area contributed by atoms with Crippen molar-refractivity contribution in [2.24, 2.45) is 0 Å². The number of nitriles is 1. The van der Waals surface area contributed by atoms with Gasteiger partial charge in [-0.05, 0) is 46.5 Å². The maximum atomic E-state index is 9.97. The number of nitrogens with zero attached hydrogens (tertiary/aromatic N) is 1. The minimum atomic E-state index is -0.350. The zero-order valence-corrected chi connectivity index (χ0v) is 19.0. The van der Waals surface area contributed by atoms with E-state index in [4.69, 9.17) is 9.47 Å². The Bertz CT molecular complexity index is 1210. The molecule has 4 aromatic rings. The van der Waals surface area contributed by atoms with E-state index in [2.05, 4.69) is 12.6 Å². The Morgan fingerprint density at radius 2 is 1.09 bits per heavy atom. The average molecular weight is 446 g/mol. The van der Waals surface area contributed by atoms with Gasteiger partial charge < -0.3 is 9.47 Å². The van der Waals surface area contributed by atoms with Crippen LogP contribution in [0.1, 0.15) is 34.1 Å². The van der Waals surface area contributed by atoms with Crippen molar-refractivity contribution < 1.29 is 9.47 Å². The van der Waals surface area contributed by atoms with Crippen molar-refractivity contribution in [3.63, 3.8) is 0 Å². The van der Waals surface area contributed by atoms with E-state index in [-0.39, 0.29) is 11.8 Å². The summed E-state index contributed by atoms with van der Waals surface area (Å²) in [5.41, 5.74) is 4.20. The standard InChI is InChI=1S/C31H27NO2/c1-2-30(26-13-17-28(18-14-26)33-22-24-9-5-3-6-10-24)31(21-32)27-15-19-29(20-16-27)34-23-25-11-7-4-8-12-25/h2-20,30-31H,1,22-23H2/t30-,31+/m0/s1. The van der Waals surface area contributed by atoms with Crippen LogP contribution in [0, 0.1) is 11.3 Å². The zero-order valence-electron chi connectivity index (χ0n) is 19.0. The molecule has 0 fully saturated rings. The van der Waals surface area contributed by atoms with Gasteiger partial charge in [-0.2, -0.15) is 5.26 Å². The molecule has 4 aromatic carbocycles. The number of ether oxygens (including phenoxy) is 2. The molecular weight excluding hydrogens is 418 g/mol. The second-order valence-electron chi connectivity index (χ2n) is 8.05. The van der Waals surface area contributed by atoms with Crippen molar-refractivity contribution >= 4 is 0 Å². The van der Waals surface area contributed by atoms with E-state index in [1.807, 2.05) is 115 Å². The average Bonchev–Trinajstić information content (AvgIpc) is 2.91. The van der Waals surface area contributed by atoms with Crippen molar-refractivity contribution in [1.29, 1.82) is 5.26 Å². The molecule has 0 saturated carbocycles. The molecule has 0 N–H and O–H groups in total. The summed E-state index contributed by atoms with van der Waals surface area (Å²) in [7, 11) is 0. The first kappa shape index (κ1) is 22.9. The van der Waals surface area contributed by atoms with E-state index >= 15 is 0 Å². The van der Waals surface area contributed by atoms with Crippen LogP contribution in [0.5, 0.6) is 11.5 Å². The number of rotatable bonds is 10. The van der Waals surface area contributed by atoms with Gasteiger partial charge in [0, 0.05) is 5.92 Å². The summed E-state index contributed by atoms with van der Waals surface area (Å²) in [6.07, 6.45) is 1.84. The molecule has 0 unspecified atom stereocenters. The van der Waals surface area contributed by atoms with Gasteiger partial charge in [0.15, 0.2) is 0 Å². The molecule has 0 amide bonds. The molecule has 0 saturated heterocycles. The molecule has 3 nitrogen and oxygen atoms in total. The third-order valence-electron chi connectivity index (χ3n) is 5.75. The van der Waals surface area contributed by atoms with Gasteiger partial charge in [0.05, 0.1) is 12.0 Å². The van der Waals surface area contributed by atoms with Crippen LogP contribution in [0.25, 0.3) is 0 Å². The summed E-state index contributed by atoms with van der Waals surface area (Å²) in [4.78, 5) is 0. The van der Waals surface area contributed by atoms with E-state index in [1.54, 1.807) is 0 Å². The van der Waals surface area contributed by atoms with Crippen molar-refractivity contribution in [3.8, 4) is 17.6 Å². The largest absolute Gasteiger partial charge is 0.489 e. The van der Waals surface area contributed by atoms with Gasteiger partial charge in [-0.25, -0.2) is 0 Å². The Morgan fingerprint density at radius 3 is 1.50 bits per heavy atom. The Kier molecular flexibility index (Phi) is 7.77. The zero-order chi connectivity index (χ0) is 23.6. The molecule has 168 valence electrons. The van der Waals surface area contributed by atoms with Crippen LogP contribution in [0.3, 0.4) is 0 Å². The van der Waals surface area contributed by atoms with Crippen LogP contribution in [-0.4, -0.2) is 0 Å². The molecule has 0 aromatic heterocycles.